The maximum Gasteiger partial charge on any atom is 0.416 e. The number of carboxylic acids is 1. The van der Waals surface area contributed by atoms with Crippen molar-refractivity contribution in [2.45, 2.75) is 18.6 Å². The van der Waals surface area contributed by atoms with Crippen molar-refractivity contribution in [3.05, 3.63) is 29.3 Å². The summed E-state index contributed by atoms with van der Waals surface area (Å²) < 4.78 is 37.7. The molecule has 0 aliphatic rings. The largest absolute Gasteiger partial charge is 0.508 e. The van der Waals surface area contributed by atoms with E-state index in [1.54, 1.807) is 0 Å². The van der Waals surface area contributed by atoms with Crippen LogP contribution in [0.4, 0.5) is 13.2 Å². The van der Waals surface area contributed by atoms with Gasteiger partial charge in [-0.15, -0.1) is 0 Å². The summed E-state index contributed by atoms with van der Waals surface area (Å²) in [6.07, 6.45) is -5.11. The summed E-state index contributed by atoms with van der Waals surface area (Å²) in [5.41, 5.74) is 3.84. The van der Waals surface area contributed by atoms with Gasteiger partial charge in [-0.1, -0.05) is 6.07 Å². The first kappa shape index (κ1) is 13.3. The monoisotopic (exact) mass is 249 g/mol. The normalized spacial score (nSPS) is 13.4. The van der Waals surface area contributed by atoms with E-state index in [2.05, 4.69) is 0 Å². The molecule has 0 aromatic heterocycles. The summed E-state index contributed by atoms with van der Waals surface area (Å²) in [6, 6.07) is 1.20. The van der Waals surface area contributed by atoms with E-state index >= 15 is 0 Å². The molecule has 0 saturated carbocycles. The topological polar surface area (TPSA) is 83.5 Å². The maximum atomic E-state index is 12.6. The van der Waals surface area contributed by atoms with Gasteiger partial charge in [0.05, 0.1) is 5.56 Å². The third-order valence-corrected chi connectivity index (χ3v) is 2.16. The van der Waals surface area contributed by atoms with Crippen molar-refractivity contribution >= 4 is 5.97 Å². The highest BCUT2D eigenvalue weighted by molar-refractivity contribution is 5.73. The first-order valence-corrected chi connectivity index (χ1v) is 4.59. The highest BCUT2D eigenvalue weighted by atomic mass is 19.4. The second-order valence-corrected chi connectivity index (χ2v) is 3.49. The number of alkyl halides is 3. The number of aliphatic carboxylic acids is 1. The molecule has 4 nitrogen and oxygen atoms in total. The van der Waals surface area contributed by atoms with Crippen molar-refractivity contribution in [1.82, 2.24) is 0 Å². The minimum Gasteiger partial charge on any atom is -0.508 e. The van der Waals surface area contributed by atoms with Crippen LogP contribution in [0, 0.1) is 0 Å². The summed E-state index contributed by atoms with van der Waals surface area (Å²) >= 11 is 0. The second kappa shape index (κ2) is 4.62. The molecule has 0 aliphatic heterocycles. The quantitative estimate of drug-likeness (QED) is 0.755. The minimum absolute atomic E-state index is 0.259. The molecule has 0 fully saturated rings. The number of aromatic hydroxyl groups is 1. The van der Waals surface area contributed by atoms with Crippen molar-refractivity contribution in [2.24, 2.45) is 5.73 Å². The molecule has 7 heteroatoms. The number of hydrogen-bond acceptors (Lipinski definition) is 3. The van der Waals surface area contributed by atoms with Crippen LogP contribution in [0.1, 0.15) is 11.1 Å². The van der Waals surface area contributed by atoms with E-state index in [-0.39, 0.29) is 5.56 Å². The molecule has 17 heavy (non-hydrogen) atoms. The molecule has 1 atom stereocenters. The predicted molar refractivity (Wildman–Crippen MR) is 52.4 cm³/mol. The van der Waals surface area contributed by atoms with Gasteiger partial charge in [0.15, 0.2) is 0 Å². The van der Waals surface area contributed by atoms with Crippen LogP contribution in [0.5, 0.6) is 5.75 Å². The van der Waals surface area contributed by atoms with E-state index in [0.29, 0.717) is 6.07 Å². The predicted octanol–water partition coefficient (Wildman–Crippen LogP) is 1.37. The molecule has 4 N–H and O–H groups in total. The van der Waals surface area contributed by atoms with Gasteiger partial charge in [0.2, 0.25) is 0 Å². The van der Waals surface area contributed by atoms with Gasteiger partial charge >= 0.3 is 12.1 Å². The van der Waals surface area contributed by atoms with Crippen molar-refractivity contribution in [3.8, 4) is 5.75 Å². The average molecular weight is 249 g/mol. The van der Waals surface area contributed by atoms with E-state index < -0.39 is 35.9 Å². The fraction of sp³-hybridized carbons (Fsp3) is 0.300. The molecule has 0 radical (unpaired) electrons. The van der Waals surface area contributed by atoms with E-state index in [1.165, 1.54) is 0 Å². The van der Waals surface area contributed by atoms with Gasteiger partial charge in [0, 0.05) is 0 Å². The summed E-state index contributed by atoms with van der Waals surface area (Å²) in [6.45, 7) is 0. The van der Waals surface area contributed by atoms with Gasteiger partial charge in [-0.25, -0.2) is 0 Å². The lowest BCUT2D eigenvalue weighted by molar-refractivity contribution is -0.140. The summed E-state index contributed by atoms with van der Waals surface area (Å²) in [4.78, 5) is 10.5. The Balaban J connectivity index is 3.11. The molecule has 1 aromatic carbocycles. The molecular formula is C10H10F3NO3. The lowest BCUT2D eigenvalue weighted by Gasteiger charge is -2.14. The summed E-state index contributed by atoms with van der Waals surface area (Å²) in [5, 5.41) is 17.5. The molecule has 0 aliphatic carbocycles. The Morgan fingerprint density at radius 3 is 2.47 bits per heavy atom. The molecule has 0 amide bonds. The lowest BCUT2D eigenvalue weighted by Crippen LogP contribution is -2.33. The lowest BCUT2D eigenvalue weighted by atomic mass is 10.00. The number of hydrogen-bond donors (Lipinski definition) is 3. The summed E-state index contributed by atoms with van der Waals surface area (Å²) in [5.74, 6) is -1.92. The Kier molecular flexibility index (Phi) is 3.62. The highest BCUT2D eigenvalue weighted by Crippen LogP contribution is 2.34. The Hall–Kier alpha value is -1.76. The molecule has 1 aromatic rings. The first-order valence-electron chi connectivity index (χ1n) is 4.59. The molecule has 94 valence electrons. The number of phenols is 1. The SMILES string of the molecule is N[C@H](Cc1ccc(O)cc1C(F)(F)F)C(=O)O. The van der Waals surface area contributed by atoms with Crippen LogP contribution < -0.4 is 5.73 Å². The molecule has 0 saturated heterocycles. The van der Waals surface area contributed by atoms with Crippen LogP contribution >= 0.6 is 0 Å². The Morgan fingerprint density at radius 2 is 2.00 bits per heavy atom. The Labute approximate surface area is 94.5 Å². The van der Waals surface area contributed by atoms with Crippen LogP contribution in [-0.2, 0) is 17.4 Å². The fourth-order valence-electron chi connectivity index (χ4n) is 1.33. The minimum atomic E-state index is -4.66. The molecule has 1 rings (SSSR count). The van der Waals surface area contributed by atoms with Crippen LogP contribution in [0.2, 0.25) is 0 Å². The van der Waals surface area contributed by atoms with Crippen molar-refractivity contribution < 1.29 is 28.2 Å². The van der Waals surface area contributed by atoms with E-state index in [1.807, 2.05) is 0 Å². The van der Waals surface area contributed by atoms with E-state index in [9.17, 15) is 18.0 Å². The number of rotatable bonds is 3. The van der Waals surface area contributed by atoms with Gasteiger partial charge in [0.1, 0.15) is 11.8 Å². The van der Waals surface area contributed by atoms with E-state index in [0.717, 1.165) is 12.1 Å². The second-order valence-electron chi connectivity index (χ2n) is 3.49. The number of halogens is 3. The Bertz CT molecular complexity index is 431. The van der Waals surface area contributed by atoms with Crippen LogP contribution in [-0.4, -0.2) is 22.2 Å². The zero-order valence-electron chi connectivity index (χ0n) is 8.53. The van der Waals surface area contributed by atoms with Gasteiger partial charge < -0.3 is 15.9 Å². The third kappa shape index (κ3) is 3.35. The molecular weight excluding hydrogens is 239 g/mol. The number of benzene rings is 1. The Morgan fingerprint density at radius 1 is 1.41 bits per heavy atom. The summed E-state index contributed by atoms with van der Waals surface area (Å²) in [7, 11) is 0. The number of nitrogens with two attached hydrogens (primary N) is 1. The first-order chi connectivity index (χ1) is 7.71. The van der Waals surface area contributed by atoms with Crippen LogP contribution in [0.25, 0.3) is 0 Å². The van der Waals surface area contributed by atoms with Gasteiger partial charge in [0.25, 0.3) is 0 Å². The molecule has 0 bridgehead atoms. The van der Waals surface area contributed by atoms with Crippen molar-refractivity contribution in [3.63, 3.8) is 0 Å². The number of phenolic OH excluding ortho intramolecular Hbond substituents is 1. The van der Waals surface area contributed by atoms with Crippen molar-refractivity contribution in [1.29, 1.82) is 0 Å². The zero-order valence-corrected chi connectivity index (χ0v) is 8.53. The van der Waals surface area contributed by atoms with Gasteiger partial charge in [-0.05, 0) is 24.1 Å². The smallest absolute Gasteiger partial charge is 0.416 e. The number of carbonyl (C=O) groups is 1. The van der Waals surface area contributed by atoms with Gasteiger partial charge in [-0.3, -0.25) is 4.79 Å². The van der Waals surface area contributed by atoms with Crippen molar-refractivity contribution in [2.75, 3.05) is 0 Å². The number of carboxylic acid groups (broad SMARTS) is 1. The van der Waals surface area contributed by atoms with Crippen LogP contribution in [0.15, 0.2) is 18.2 Å². The highest BCUT2D eigenvalue weighted by Gasteiger charge is 2.34. The molecule has 0 unspecified atom stereocenters. The van der Waals surface area contributed by atoms with Crippen LogP contribution in [0.3, 0.4) is 0 Å². The third-order valence-electron chi connectivity index (χ3n) is 2.16. The molecule has 0 spiro atoms. The average Bonchev–Trinajstić information content (AvgIpc) is 2.18. The fourth-order valence-corrected chi connectivity index (χ4v) is 1.33. The van der Waals surface area contributed by atoms with E-state index in [4.69, 9.17) is 15.9 Å². The zero-order chi connectivity index (χ0) is 13.2. The molecule has 0 heterocycles. The standard InChI is InChI=1S/C10H10F3NO3/c11-10(12,13)7-4-6(15)2-1-5(7)3-8(14)9(16)17/h1-2,4,8,15H,3,14H2,(H,16,17)/t8-/m1/s1. The maximum absolute atomic E-state index is 12.6. The van der Waals surface area contributed by atoms with Gasteiger partial charge in [-0.2, -0.15) is 13.2 Å².